The van der Waals surface area contributed by atoms with E-state index in [0.29, 0.717) is 47.3 Å². The van der Waals surface area contributed by atoms with Crippen molar-refractivity contribution in [3.05, 3.63) is 57.6 Å². The van der Waals surface area contributed by atoms with Gasteiger partial charge in [0.15, 0.2) is 11.5 Å². The number of benzene rings is 2. The van der Waals surface area contributed by atoms with Crippen molar-refractivity contribution in [1.29, 1.82) is 0 Å². The van der Waals surface area contributed by atoms with Gasteiger partial charge in [0, 0.05) is 23.7 Å². The molecule has 0 atom stereocenters. The maximum atomic E-state index is 6.51. The summed E-state index contributed by atoms with van der Waals surface area (Å²) in [5.41, 5.74) is 1.80. The molecule has 154 valence electrons. The molecule has 0 radical (unpaired) electrons. The van der Waals surface area contributed by atoms with E-state index < -0.39 is 0 Å². The number of aromatic nitrogens is 4. The number of nitrogens with one attached hydrogen (secondary N) is 1. The second kappa shape index (κ2) is 10.3. The molecular formula is C20H23Cl2N5O2. The Morgan fingerprint density at radius 3 is 2.66 bits per heavy atom. The number of aryl methyl sites for hydroxylation is 1. The van der Waals surface area contributed by atoms with Crippen molar-refractivity contribution in [1.82, 2.24) is 20.2 Å². The van der Waals surface area contributed by atoms with Gasteiger partial charge in [0.05, 0.1) is 11.6 Å². The summed E-state index contributed by atoms with van der Waals surface area (Å²) in [6.45, 7) is 6.01. The first kappa shape index (κ1) is 21.2. The van der Waals surface area contributed by atoms with Crippen molar-refractivity contribution in [3.63, 3.8) is 0 Å². The van der Waals surface area contributed by atoms with Gasteiger partial charge in [-0.25, -0.2) is 4.68 Å². The van der Waals surface area contributed by atoms with Crippen molar-refractivity contribution in [2.45, 2.75) is 40.0 Å². The Balaban J connectivity index is 1.75. The van der Waals surface area contributed by atoms with Crippen LogP contribution >= 0.6 is 23.2 Å². The van der Waals surface area contributed by atoms with Crippen LogP contribution in [0.1, 0.15) is 31.4 Å². The molecule has 0 saturated heterocycles. The molecule has 0 aliphatic carbocycles. The lowest BCUT2D eigenvalue weighted by atomic mass is 10.2. The van der Waals surface area contributed by atoms with Gasteiger partial charge in [0.25, 0.3) is 0 Å². The summed E-state index contributed by atoms with van der Waals surface area (Å²) in [4.78, 5) is 0. The quantitative estimate of drug-likeness (QED) is 0.483. The minimum atomic E-state index is 0.295. The molecule has 0 amide bonds. The molecule has 0 saturated carbocycles. The molecular weight excluding hydrogens is 413 g/mol. The largest absolute Gasteiger partial charge is 0.490 e. The predicted octanol–water partition coefficient (Wildman–Crippen LogP) is 4.98. The molecule has 1 aromatic heterocycles. The van der Waals surface area contributed by atoms with Crippen molar-refractivity contribution in [2.75, 3.05) is 11.9 Å². The van der Waals surface area contributed by atoms with E-state index in [1.165, 1.54) is 0 Å². The van der Waals surface area contributed by atoms with Gasteiger partial charge in [0.2, 0.25) is 5.95 Å². The third-order valence-corrected chi connectivity index (χ3v) is 4.77. The SMILES string of the molecule is CCCn1nnnc1NCc1cc(Cl)c(OCc2ccccc2Cl)c(OCC)c1. The van der Waals surface area contributed by atoms with Crippen LogP contribution in [0.4, 0.5) is 5.95 Å². The number of hydrogen-bond donors (Lipinski definition) is 1. The Morgan fingerprint density at radius 2 is 1.90 bits per heavy atom. The smallest absolute Gasteiger partial charge is 0.243 e. The van der Waals surface area contributed by atoms with E-state index in [2.05, 4.69) is 27.8 Å². The number of hydrogen-bond acceptors (Lipinski definition) is 6. The van der Waals surface area contributed by atoms with Crippen LogP contribution in [0.5, 0.6) is 11.5 Å². The van der Waals surface area contributed by atoms with E-state index >= 15 is 0 Å². The first-order chi connectivity index (χ1) is 14.1. The van der Waals surface area contributed by atoms with Crippen molar-refractivity contribution in [3.8, 4) is 11.5 Å². The van der Waals surface area contributed by atoms with Crippen LogP contribution in [0.2, 0.25) is 10.0 Å². The second-order valence-electron chi connectivity index (χ2n) is 6.30. The monoisotopic (exact) mass is 435 g/mol. The Hall–Kier alpha value is -2.51. The van der Waals surface area contributed by atoms with Crippen LogP contribution < -0.4 is 14.8 Å². The Labute approximate surface area is 179 Å². The van der Waals surface area contributed by atoms with Gasteiger partial charge < -0.3 is 14.8 Å². The third-order valence-electron chi connectivity index (χ3n) is 4.12. The summed E-state index contributed by atoms with van der Waals surface area (Å²) in [6.07, 6.45) is 0.942. The topological polar surface area (TPSA) is 74.1 Å². The van der Waals surface area contributed by atoms with E-state index in [9.17, 15) is 0 Å². The van der Waals surface area contributed by atoms with Gasteiger partial charge in [-0.05, 0) is 47.5 Å². The number of halogens is 2. The number of nitrogens with zero attached hydrogens (tertiary/aromatic N) is 4. The molecule has 0 aliphatic heterocycles. The van der Waals surface area contributed by atoms with Crippen LogP contribution in [0.25, 0.3) is 0 Å². The molecule has 0 aliphatic rings. The molecule has 0 unspecified atom stereocenters. The van der Waals surface area contributed by atoms with Gasteiger partial charge in [-0.3, -0.25) is 0 Å². The molecule has 0 spiro atoms. The van der Waals surface area contributed by atoms with Gasteiger partial charge in [0.1, 0.15) is 6.61 Å². The zero-order valence-corrected chi connectivity index (χ0v) is 17.9. The maximum Gasteiger partial charge on any atom is 0.243 e. The minimum absolute atomic E-state index is 0.295. The molecule has 3 rings (SSSR count). The Bertz CT molecular complexity index is 948. The van der Waals surface area contributed by atoms with Crippen molar-refractivity contribution in [2.24, 2.45) is 0 Å². The van der Waals surface area contributed by atoms with Crippen LogP contribution in [0.3, 0.4) is 0 Å². The maximum absolute atomic E-state index is 6.51. The molecule has 1 N–H and O–H groups in total. The minimum Gasteiger partial charge on any atom is -0.490 e. The van der Waals surface area contributed by atoms with E-state index in [0.717, 1.165) is 24.1 Å². The highest BCUT2D eigenvalue weighted by Crippen LogP contribution is 2.37. The first-order valence-corrected chi connectivity index (χ1v) is 10.2. The highest BCUT2D eigenvalue weighted by atomic mass is 35.5. The summed E-state index contributed by atoms with van der Waals surface area (Å²) in [7, 11) is 0. The zero-order valence-electron chi connectivity index (χ0n) is 16.4. The predicted molar refractivity (Wildman–Crippen MR) is 114 cm³/mol. The standard InChI is InChI=1S/C20H23Cl2N5O2/c1-3-9-27-20(24-25-26-27)23-12-14-10-17(22)19(18(11-14)28-4-2)29-13-15-7-5-6-8-16(15)21/h5-8,10-11H,3-4,9,12-13H2,1-2H3,(H,23,24,26). The van der Waals surface area contributed by atoms with E-state index in [1.54, 1.807) is 4.68 Å². The molecule has 3 aromatic rings. The van der Waals surface area contributed by atoms with Crippen LogP contribution in [0.15, 0.2) is 36.4 Å². The lowest BCUT2D eigenvalue weighted by Crippen LogP contribution is -2.09. The van der Waals surface area contributed by atoms with Gasteiger partial charge in [-0.1, -0.05) is 53.4 Å². The highest BCUT2D eigenvalue weighted by Gasteiger charge is 2.14. The summed E-state index contributed by atoms with van der Waals surface area (Å²) in [5.74, 6) is 1.69. The average molecular weight is 436 g/mol. The van der Waals surface area contributed by atoms with E-state index in [1.807, 2.05) is 43.3 Å². The number of anilines is 1. The molecule has 29 heavy (non-hydrogen) atoms. The lowest BCUT2D eigenvalue weighted by molar-refractivity contribution is 0.269. The van der Waals surface area contributed by atoms with E-state index in [-0.39, 0.29) is 0 Å². The second-order valence-corrected chi connectivity index (χ2v) is 7.11. The van der Waals surface area contributed by atoms with E-state index in [4.69, 9.17) is 32.7 Å². The van der Waals surface area contributed by atoms with Gasteiger partial charge in [-0.15, -0.1) is 0 Å². The Morgan fingerprint density at radius 1 is 1.07 bits per heavy atom. The fourth-order valence-electron chi connectivity index (χ4n) is 2.77. The van der Waals surface area contributed by atoms with Gasteiger partial charge >= 0.3 is 0 Å². The number of ether oxygens (including phenoxy) is 2. The summed E-state index contributed by atoms with van der Waals surface area (Å²) in [5, 5.41) is 16.0. The first-order valence-electron chi connectivity index (χ1n) is 9.43. The average Bonchev–Trinajstić information content (AvgIpc) is 3.15. The van der Waals surface area contributed by atoms with Crippen molar-refractivity contribution >= 4 is 29.2 Å². The number of rotatable bonds is 10. The van der Waals surface area contributed by atoms with Crippen molar-refractivity contribution < 1.29 is 9.47 Å². The summed E-state index contributed by atoms with van der Waals surface area (Å²) >= 11 is 12.7. The van der Waals surface area contributed by atoms with Crippen LogP contribution in [0, 0.1) is 0 Å². The number of tetrazole rings is 1. The Kier molecular flexibility index (Phi) is 7.55. The highest BCUT2D eigenvalue weighted by molar-refractivity contribution is 6.32. The molecule has 7 nitrogen and oxygen atoms in total. The molecule has 9 heteroatoms. The fraction of sp³-hybridized carbons (Fsp3) is 0.350. The molecule has 0 fully saturated rings. The third kappa shape index (κ3) is 5.52. The zero-order chi connectivity index (χ0) is 20.6. The normalized spacial score (nSPS) is 10.8. The summed E-state index contributed by atoms with van der Waals surface area (Å²) in [6, 6.07) is 11.3. The molecule has 0 bridgehead atoms. The fourth-order valence-corrected chi connectivity index (χ4v) is 3.24. The molecule has 1 heterocycles. The molecule has 2 aromatic carbocycles. The van der Waals surface area contributed by atoms with Crippen LogP contribution in [-0.4, -0.2) is 26.8 Å². The van der Waals surface area contributed by atoms with Crippen LogP contribution in [-0.2, 0) is 19.7 Å². The lowest BCUT2D eigenvalue weighted by Gasteiger charge is -2.16. The van der Waals surface area contributed by atoms with Gasteiger partial charge in [-0.2, -0.15) is 0 Å². The summed E-state index contributed by atoms with van der Waals surface area (Å²) < 4.78 is 13.4.